The molecule has 5 rings (SSSR count). The highest BCUT2D eigenvalue weighted by Gasteiger charge is 2.38. The predicted octanol–water partition coefficient (Wildman–Crippen LogP) is 2.66. The third-order valence-electron chi connectivity index (χ3n) is 6.11. The minimum absolute atomic E-state index is 0.0377. The van der Waals surface area contributed by atoms with Gasteiger partial charge in [-0.15, -0.1) is 5.10 Å². The minimum Gasteiger partial charge on any atom is -0.497 e. The van der Waals surface area contributed by atoms with Gasteiger partial charge in [-0.25, -0.2) is 23.6 Å². The number of aromatic nitrogens is 7. The van der Waals surface area contributed by atoms with E-state index in [2.05, 4.69) is 20.1 Å². The molecule has 0 unspecified atom stereocenters. The Bertz CT molecular complexity index is 1590. The van der Waals surface area contributed by atoms with Crippen molar-refractivity contribution in [1.29, 1.82) is 0 Å². The van der Waals surface area contributed by atoms with Gasteiger partial charge in [-0.2, -0.15) is 25.9 Å². The monoisotopic (exact) mass is 566 g/mol. The lowest BCUT2D eigenvalue weighted by molar-refractivity contribution is -0.144. The lowest BCUT2D eigenvalue weighted by Crippen LogP contribution is -2.27. The van der Waals surface area contributed by atoms with Crippen LogP contribution in [0.5, 0.6) is 5.75 Å². The number of methoxy groups -OCH3 is 1. The van der Waals surface area contributed by atoms with Crippen molar-refractivity contribution in [3.8, 4) is 28.7 Å². The van der Waals surface area contributed by atoms with Crippen LogP contribution in [0, 0.1) is 0 Å². The average Bonchev–Trinajstić information content (AvgIpc) is 3.58. The summed E-state index contributed by atoms with van der Waals surface area (Å²) in [4.78, 5) is 12.7. The number of nitrogens with zero attached hydrogens (tertiary/aromatic N) is 8. The Labute approximate surface area is 221 Å². The number of alkyl halides is 3. The highest BCUT2D eigenvalue weighted by atomic mass is 32.2. The molecule has 1 aliphatic rings. The number of rotatable bonds is 7. The van der Waals surface area contributed by atoms with E-state index in [0.29, 0.717) is 42.4 Å². The fourth-order valence-corrected chi connectivity index (χ4v) is 4.93. The summed E-state index contributed by atoms with van der Waals surface area (Å²) in [7, 11) is 0.387. The molecule has 4 aromatic rings. The summed E-state index contributed by atoms with van der Waals surface area (Å²) in [5, 5.41) is 3.76. The van der Waals surface area contributed by atoms with E-state index in [4.69, 9.17) is 9.47 Å². The van der Waals surface area contributed by atoms with Gasteiger partial charge in [0, 0.05) is 27.2 Å². The number of halogens is 3. The van der Waals surface area contributed by atoms with Crippen LogP contribution in [0.3, 0.4) is 0 Å². The van der Waals surface area contributed by atoms with Crippen molar-refractivity contribution in [3.63, 3.8) is 0 Å². The maximum Gasteiger partial charge on any atom is 0.453 e. The van der Waals surface area contributed by atoms with Gasteiger partial charge in [0.25, 0.3) is 5.82 Å². The molecular formula is C23H25F3N8O4S. The number of hydrogen-bond acceptors (Lipinski definition) is 8. The normalized spacial score (nSPS) is 14.4. The van der Waals surface area contributed by atoms with Gasteiger partial charge in [0.05, 0.1) is 25.5 Å². The maximum atomic E-state index is 13.8. The molecule has 16 heteroatoms. The third kappa shape index (κ3) is 5.14. The molecule has 0 fully saturated rings. The van der Waals surface area contributed by atoms with E-state index in [1.807, 2.05) is 0 Å². The van der Waals surface area contributed by atoms with E-state index in [0.717, 1.165) is 19.3 Å². The molecule has 1 aromatic carbocycles. The van der Waals surface area contributed by atoms with Gasteiger partial charge in [0.15, 0.2) is 5.82 Å². The minimum atomic E-state index is -4.80. The Morgan fingerprint density at radius 2 is 1.90 bits per heavy atom. The Balaban J connectivity index is 1.69. The van der Waals surface area contributed by atoms with E-state index >= 15 is 0 Å². The summed E-state index contributed by atoms with van der Waals surface area (Å²) >= 11 is 0. The van der Waals surface area contributed by atoms with Gasteiger partial charge in [0.2, 0.25) is 0 Å². The molecule has 0 bridgehead atoms. The second kappa shape index (κ2) is 10.1. The number of benzene rings is 1. The fraction of sp³-hybridized carbons (Fsp3) is 0.391. The van der Waals surface area contributed by atoms with E-state index in [-0.39, 0.29) is 30.4 Å². The Morgan fingerprint density at radius 1 is 1.15 bits per heavy atom. The molecule has 0 aliphatic carbocycles. The van der Waals surface area contributed by atoms with Gasteiger partial charge < -0.3 is 14.0 Å². The molecular weight excluding hydrogens is 541 g/mol. The van der Waals surface area contributed by atoms with Crippen molar-refractivity contribution in [1.82, 2.24) is 37.6 Å². The van der Waals surface area contributed by atoms with Crippen LogP contribution in [0.15, 0.2) is 36.8 Å². The van der Waals surface area contributed by atoms with E-state index < -0.39 is 22.2 Å². The summed E-state index contributed by atoms with van der Waals surface area (Å²) in [5.41, 5.74) is 1.26. The molecule has 0 saturated heterocycles. The van der Waals surface area contributed by atoms with E-state index in [1.165, 1.54) is 27.4 Å². The molecule has 0 radical (unpaired) electrons. The fourth-order valence-electron chi connectivity index (χ4n) is 4.15. The topological polar surface area (TPSA) is 122 Å². The largest absolute Gasteiger partial charge is 0.497 e. The number of imidazole rings is 2. The standard InChI is InChI=1S/C23H25F3N8O4S/c1-31(2)39(35,36)32-12-17(27-14-32)20-19(28-18-13-38-10-4-9-33(18)20)21-29-22(23(24,25)26)30-34(21)11-15-5-7-16(37-3)8-6-15/h5-8,12,14H,4,9-11,13H2,1-3H3. The van der Waals surface area contributed by atoms with Crippen LogP contribution in [0.4, 0.5) is 13.2 Å². The first-order chi connectivity index (χ1) is 18.5. The first-order valence-electron chi connectivity index (χ1n) is 11.8. The smallest absolute Gasteiger partial charge is 0.453 e. The Morgan fingerprint density at radius 3 is 2.56 bits per heavy atom. The highest BCUT2D eigenvalue weighted by molar-refractivity contribution is 7.87. The summed E-state index contributed by atoms with van der Waals surface area (Å²) < 4.78 is 82.3. The van der Waals surface area contributed by atoms with Crippen LogP contribution in [-0.2, 0) is 40.8 Å². The zero-order valence-electron chi connectivity index (χ0n) is 21.3. The number of fused-ring (bicyclic) bond motifs is 1. The summed E-state index contributed by atoms with van der Waals surface area (Å²) in [6.45, 7) is 0.976. The molecule has 0 saturated carbocycles. The summed E-state index contributed by atoms with van der Waals surface area (Å²) in [6.07, 6.45) is -1.77. The zero-order chi connectivity index (χ0) is 27.9. The second-order valence-electron chi connectivity index (χ2n) is 8.92. The Hall–Kier alpha value is -3.76. The van der Waals surface area contributed by atoms with Crippen LogP contribution in [0.25, 0.3) is 22.9 Å². The molecule has 39 heavy (non-hydrogen) atoms. The van der Waals surface area contributed by atoms with Crippen molar-refractivity contribution in [2.24, 2.45) is 0 Å². The quantitative estimate of drug-likeness (QED) is 0.335. The zero-order valence-corrected chi connectivity index (χ0v) is 22.1. The molecule has 0 N–H and O–H groups in total. The molecule has 1 aliphatic heterocycles. The first-order valence-corrected chi connectivity index (χ1v) is 13.2. The number of hydrogen-bond donors (Lipinski definition) is 0. The van der Waals surface area contributed by atoms with Crippen LogP contribution in [-0.4, -0.2) is 73.8 Å². The Kier molecular flexibility index (Phi) is 6.94. The summed E-state index contributed by atoms with van der Waals surface area (Å²) in [5.74, 6) is -0.414. The molecule has 3 aromatic heterocycles. The lowest BCUT2D eigenvalue weighted by atomic mass is 10.2. The van der Waals surface area contributed by atoms with E-state index in [9.17, 15) is 21.6 Å². The molecule has 4 heterocycles. The maximum absolute atomic E-state index is 13.8. The SMILES string of the molecule is COc1ccc(Cn2nc(C(F)(F)F)nc2-c2nc3n(c2-c2cn(S(=O)(=O)N(C)C)cn2)CCCOC3)cc1. The van der Waals surface area contributed by atoms with Crippen molar-refractivity contribution >= 4 is 10.2 Å². The van der Waals surface area contributed by atoms with Gasteiger partial charge in [-0.3, -0.25) is 0 Å². The van der Waals surface area contributed by atoms with Gasteiger partial charge >= 0.3 is 16.4 Å². The van der Waals surface area contributed by atoms with Crippen molar-refractivity contribution < 1.29 is 31.1 Å². The van der Waals surface area contributed by atoms with Crippen molar-refractivity contribution in [3.05, 3.63) is 54.0 Å². The van der Waals surface area contributed by atoms with Crippen LogP contribution in [0.2, 0.25) is 0 Å². The van der Waals surface area contributed by atoms with Gasteiger partial charge in [-0.05, 0) is 24.1 Å². The first kappa shape index (κ1) is 26.8. The summed E-state index contributed by atoms with van der Waals surface area (Å²) in [6, 6.07) is 6.80. The van der Waals surface area contributed by atoms with E-state index in [1.54, 1.807) is 28.8 Å². The van der Waals surface area contributed by atoms with Crippen LogP contribution < -0.4 is 4.74 Å². The second-order valence-corrected chi connectivity index (χ2v) is 11.0. The number of ether oxygens (including phenoxy) is 2. The molecule has 0 spiro atoms. The highest BCUT2D eigenvalue weighted by Crippen LogP contribution is 2.35. The molecule has 12 nitrogen and oxygen atoms in total. The van der Waals surface area contributed by atoms with Crippen molar-refractivity contribution in [2.45, 2.75) is 32.3 Å². The average molecular weight is 567 g/mol. The third-order valence-corrected chi connectivity index (χ3v) is 7.76. The lowest BCUT2D eigenvalue weighted by Gasteiger charge is -2.11. The molecule has 208 valence electrons. The van der Waals surface area contributed by atoms with Crippen LogP contribution >= 0.6 is 0 Å². The predicted molar refractivity (Wildman–Crippen MR) is 132 cm³/mol. The molecule has 0 amide bonds. The van der Waals surface area contributed by atoms with Gasteiger partial charge in [0.1, 0.15) is 35.9 Å². The van der Waals surface area contributed by atoms with Crippen molar-refractivity contribution in [2.75, 3.05) is 27.8 Å². The molecule has 0 atom stereocenters. The van der Waals surface area contributed by atoms with Crippen LogP contribution in [0.1, 0.15) is 23.6 Å². The van der Waals surface area contributed by atoms with Gasteiger partial charge in [-0.1, -0.05) is 12.1 Å².